The van der Waals surface area contributed by atoms with Crippen LogP contribution in [0.5, 0.6) is 0 Å². The normalized spacial score (nSPS) is 10.4. The Morgan fingerprint density at radius 3 is 2.73 bits per heavy atom. The minimum atomic E-state index is -2.62. The summed E-state index contributed by atoms with van der Waals surface area (Å²) < 4.78 is 25.5. The van der Waals surface area contributed by atoms with Gasteiger partial charge in [-0.3, -0.25) is 4.98 Å². The van der Waals surface area contributed by atoms with Gasteiger partial charge in [-0.25, -0.2) is 8.78 Å². The molecule has 0 saturated heterocycles. The molecule has 0 aliphatic heterocycles. The number of nitrogens with zero attached hydrogens (tertiary/aromatic N) is 2. The Morgan fingerprint density at radius 2 is 2.27 bits per heavy atom. The molecular weight excluding hydrogens is 222 g/mol. The van der Waals surface area contributed by atoms with Crippen molar-refractivity contribution >= 4 is 11.6 Å². The van der Waals surface area contributed by atoms with Gasteiger partial charge in [-0.1, -0.05) is 0 Å². The van der Waals surface area contributed by atoms with Crippen LogP contribution in [0.4, 0.5) is 8.78 Å². The summed E-state index contributed by atoms with van der Waals surface area (Å²) in [5, 5.41) is 8.48. The summed E-state index contributed by atoms with van der Waals surface area (Å²) in [6.45, 7) is 1.57. The molecule has 1 heterocycles. The van der Waals surface area contributed by atoms with Gasteiger partial charge in [0.05, 0.1) is 18.2 Å². The maximum absolute atomic E-state index is 12.7. The van der Waals surface area contributed by atoms with Crippen LogP contribution < -0.4 is 0 Å². The second kappa shape index (κ2) is 5.04. The van der Waals surface area contributed by atoms with Gasteiger partial charge >= 0.3 is 0 Å². The summed E-state index contributed by atoms with van der Waals surface area (Å²) in [5.41, 5.74) is 0.988. The molecule has 5 heteroatoms. The number of rotatable bonds is 3. The van der Waals surface area contributed by atoms with Crippen molar-refractivity contribution in [2.24, 2.45) is 0 Å². The first-order chi connectivity index (χ1) is 7.11. The van der Waals surface area contributed by atoms with Gasteiger partial charge in [-0.2, -0.15) is 5.26 Å². The SMILES string of the molecule is Cc1c(CCl)cnc(CC#N)c1C(F)F. The van der Waals surface area contributed by atoms with Crippen LogP contribution >= 0.6 is 11.6 Å². The molecule has 0 spiro atoms. The Morgan fingerprint density at radius 1 is 1.60 bits per heavy atom. The average Bonchev–Trinajstić information content (AvgIpc) is 2.18. The smallest absolute Gasteiger partial charge is 0.259 e. The summed E-state index contributed by atoms with van der Waals surface area (Å²) in [6.07, 6.45) is -1.28. The fourth-order valence-corrected chi connectivity index (χ4v) is 1.62. The lowest BCUT2D eigenvalue weighted by Crippen LogP contribution is -2.03. The van der Waals surface area contributed by atoms with Gasteiger partial charge in [0, 0.05) is 17.6 Å². The van der Waals surface area contributed by atoms with Crippen molar-refractivity contribution in [1.82, 2.24) is 4.98 Å². The molecule has 0 saturated carbocycles. The molecule has 0 aromatic carbocycles. The summed E-state index contributed by atoms with van der Waals surface area (Å²) >= 11 is 5.59. The van der Waals surface area contributed by atoms with Crippen LogP contribution in [0.3, 0.4) is 0 Å². The number of hydrogen-bond acceptors (Lipinski definition) is 2. The molecule has 2 nitrogen and oxygen atoms in total. The number of alkyl halides is 3. The predicted molar refractivity (Wildman–Crippen MR) is 52.8 cm³/mol. The van der Waals surface area contributed by atoms with Crippen molar-refractivity contribution < 1.29 is 8.78 Å². The standard InChI is InChI=1S/C10H9ClF2N2/c1-6-7(4-11)5-15-8(2-3-14)9(6)10(12)13/h5,10H,2,4H2,1H3. The highest BCUT2D eigenvalue weighted by molar-refractivity contribution is 6.17. The Bertz CT molecular complexity index is 399. The van der Waals surface area contributed by atoms with Gasteiger partial charge in [0.15, 0.2) is 0 Å². The topological polar surface area (TPSA) is 36.7 Å². The molecule has 0 atom stereocenters. The molecule has 0 N–H and O–H groups in total. The highest BCUT2D eigenvalue weighted by Crippen LogP contribution is 2.28. The lowest BCUT2D eigenvalue weighted by atomic mass is 10.0. The van der Waals surface area contributed by atoms with Gasteiger partial charge in [0.2, 0.25) is 0 Å². The minimum Gasteiger partial charge on any atom is -0.259 e. The molecule has 80 valence electrons. The average molecular weight is 231 g/mol. The third-order valence-corrected chi connectivity index (χ3v) is 2.47. The fraction of sp³-hybridized carbons (Fsp3) is 0.400. The number of halogens is 3. The van der Waals surface area contributed by atoms with E-state index in [-0.39, 0.29) is 23.6 Å². The zero-order chi connectivity index (χ0) is 11.4. The maximum Gasteiger partial charge on any atom is 0.265 e. The molecule has 0 aliphatic rings. The first kappa shape index (κ1) is 11.9. The summed E-state index contributed by atoms with van der Waals surface area (Å²) in [4.78, 5) is 3.83. The van der Waals surface area contributed by atoms with Crippen molar-refractivity contribution in [3.8, 4) is 6.07 Å². The van der Waals surface area contributed by atoms with E-state index >= 15 is 0 Å². The van der Waals surface area contributed by atoms with Gasteiger partial charge in [-0.15, -0.1) is 11.6 Å². The Kier molecular flexibility index (Phi) is 3.98. The maximum atomic E-state index is 12.7. The van der Waals surface area contributed by atoms with E-state index in [2.05, 4.69) is 4.98 Å². The van der Waals surface area contributed by atoms with E-state index in [1.165, 1.54) is 6.20 Å². The highest BCUT2D eigenvalue weighted by atomic mass is 35.5. The van der Waals surface area contributed by atoms with Crippen LogP contribution in [0.2, 0.25) is 0 Å². The van der Waals surface area contributed by atoms with Crippen molar-refractivity contribution in [3.63, 3.8) is 0 Å². The molecule has 15 heavy (non-hydrogen) atoms. The zero-order valence-corrected chi connectivity index (χ0v) is 8.85. The second-order valence-corrected chi connectivity index (χ2v) is 3.31. The molecule has 1 rings (SSSR count). The minimum absolute atomic E-state index is 0.108. The fourth-order valence-electron chi connectivity index (χ4n) is 1.35. The van der Waals surface area contributed by atoms with E-state index in [1.807, 2.05) is 6.07 Å². The van der Waals surface area contributed by atoms with Crippen LogP contribution in [0, 0.1) is 18.3 Å². The predicted octanol–water partition coefficient (Wildman–Crippen LogP) is 3.13. The molecule has 1 aromatic rings. The number of aromatic nitrogens is 1. The van der Waals surface area contributed by atoms with Crippen LogP contribution in [0.15, 0.2) is 6.20 Å². The first-order valence-corrected chi connectivity index (χ1v) is 4.83. The monoisotopic (exact) mass is 230 g/mol. The molecule has 1 aromatic heterocycles. The van der Waals surface area contributed by atoms with Crippen molar-refractivity contribution in [2.75, 3.05) is 0 Å². The van der Waals surface area contributed by atoms with Gasteiger partial charge < -0.3 is 0 Å². The van der Waals surface area contributed by atoms with Crippen molar-refractivity contribution in [3.05, 3.63) is 28.6 Å². The molecule has 0 unspecified atom stereocenters. The Balaban J connectivity index is 3.32. The van der Waals surface area contributed by atoms with E-state index in [0.717, 1.165) is 0 Å². The lowest BCUT2D eigenvalue weighted by Gasteiger charge is -2.11. The summed E-state index contributed by atoms with van der Waals surface area (Å²) in [6, 6.07) is 1.82. The van der Waals surface area contributed by atoms with Gasteiger partial charge in [0.25, 0.3) is 6.43 Å². The number of hydrogen-bond donors (Lipinski definition) is 0. The van der Waals surface area contributed by atoms with Crippen LogP contribution in [-0.2, 0) is 12.3 Å². The molecular formula is C10H9ClF2N2. The first-order valence-electron chi connectivity index (χ1n) is 4.30. The van der Waals surface area contributed by atoms with E-state index in [4.69, 9.17) is 16.9 Å². The summed E-state index contributed by atoms with van der Waals surface area (Å²) in [7, 11) is 0. The van der Waals surface area contributed by atoms with Gasteiger partial charge in [0.1, 0.15) is 0 Å². The summed E-state index contributed by atoms with van der Waals surface area (Å²) in [5.74, 6) is 0.144. The Labute approximate surface area is 91.5 Å². The van der Waals surface area contributed by atoms with E-state index in [0.29, 0.717) is 11.1 Å². The number of pyridine rings is 1. The van der Waals surface area contributed by atoms with E-state index < -0.39 is 6.43 Å². The van der Waals surface area contributed by atoms with E-state index in [9.17, 15) is 8.78 Å². The third-order valence-electron chi connectivity index (χ3n) is 2.18. The molecule has 0 amide bonds. The van der Waals surface area contributed by atoms with Gasteiger partial charge in [-0.05, 0) is 18.1 Å². The Hall–Kier alpha value is -1.21. The largest absolute Gasteiger partial charge is 0.265 e. The molecule has 0 radical (unpaired) electrons. The number of nitriles is 1. The van der Waals surface area contributed by atoms with Crippen LogP contribution in [0.1, 0.15) is 28.8 Å². The molecule has 0 fully saturated rings. The van der Waals surface area contributed by atoms with Crippen molar-refractivity contribution in [1.29, 1.82) is 5.26 Å². The van der Waals surface area contributed by atoms with Crippen LogP contribution in [-0.4, -0.2) is 4.98 Å². The highest BCUT2D eigenvalue weighted by Gasteiger charge is 2.18. The quantitative estimate of drug-likeness (QED) is 0.748. The zero-order valence-electron chi connectivity index (χ0n) is 8.10. The lowest BCUT2D eigenvalue weighted by molar-refractivity contribution is 0.149. The molecule has 0 bridgehead atoms. The molecule has 0 aliphatic carbocycles. The van der Waals surface area contributed by atoms with E-state index in [1.54, 1.807) is 6.92 Å². The third kappa shape index (κ3) is 2.42. The second-order valence-electron chi connectivity index (χ2n) is 3.04. The van der Waals surface area contributed by atoms with Crippen LogP contribution in [0.25, 0.3) is 0 Å². The van der Waals surface area contributed by atoms with Crippen molar-refractivity contribution in [2.45, 2.75) is 25.7 Å².